The van der Waals surface area contributed by atoms with Crippen LogP contribution in [0, 0.1) is 5.92 Å². The van der Waals surface area contributed by atoms with Gasteiger partial charge in [-0.05, 0) is 46.2 Å². The zero-order valence-electron chi connectivity index (χ0n) is 17.2. The molecule has 0 aliphatic carbocycles. The van der Waals surface area contributed by atoms with Gasteiger partial charge < -0.3 is 20.3 Å². The van der Waals surface area contributed by atoms with Crippen molar-refractivity contribution >= 4 is 23.4 Å². The minimum Gasteiger partial charge on any atom is -0.382 e. The Kier molecular flexibility index (Phi) is 7.57. The minimum atomic E-state index is -0.422. The van der Waals surface area contributed by atoms with Crippen molar-refractivity contribution in [1.82, 2.24) is 10.2 Å². The lowest BCUT2D eigenvalue weighted by atomic mass is 10.1. The number of carbonyl (C=O) groups is 3. The molecule has 2 N–H and O–H groups in total. The molecule has 1 aliphatic heterocycles. The third-order valence-corrected chi connectivity index (χ3v) is 4.69. The fourth-order valence-electron chi connectivity index (χ4n) is 3.17. The number of nitrogens with one attached hydrogen (secondary N) is 2. The van der Waals surface area contributed by atoms with Gasteiger partial charge in [0.15, 0.2) is 0 Å². The van der Waals surface area contributed by atoms with Crippen LogP contribution in [0.15, 0.2) is 24.3 Å². The van der Waals surface area contributed by atoms with Crippen LogP contribution in [-0.4, -0.2) is 54.5 Å². The van der Waals surface area contributed by atoms with Gasteiger partial charge in [-0.1, -0.05) is 12.1 Å². The Labute approximate surface area is 166 Å². The molecule has 0 spiro atoms. The van der Waals surface area contributed by atoms with Crippen LogP contribution in [0.2, 0.25) is 0 Å². The molecular formula is C21H31N3O4. The van der Waals surface area contributed by atoms with E-state index in [4.69, 9.17) is 4.74 Å². The van der Waals surface area contributed by atoms with E-state index >= 15 is 0 Å². The van der Waals surface area contributed by atoms with Crippen LogP contribution >= 0.6 is 0 Å². The number of carbonyl (C=O) groups excluding carboxylic acids is 3. The van der Waals surface area contributed by atoms with Gasteiger partial charge in [-0.25, -0.2) is 0 Å². The van der Waals surface area contributed by atoms with E-state index in [-0.39, 0.29) is 29.7 Å². The summed E-state index contributed by atoms with van der Waals surface area (Å²) in [6.45, 7) is 9.92. The summed E-state index contributed by atoms with van der Waals surface area (Å²) >= 11 is 0. The summed E-state index contributed by atoms with van der Waals surface area (Å²) < 4.78 is 5.26. The maximum Gasteiger partial charge on any atom is 0.253 e. The van der Waals surface area contributed by atoms with Crippen LogP contribution in [0.25, 0.3) is 0 Å². The Morgan fingerprint density at radius 2 is 1.96 bits per heavy atom. The fourth-order valence-corrected chi connectivity index (χ4v) is 3.17. The Morgan fingerprint density at radius 1 is 1.25 bits per heavy atom. The summed E-state index contributed by atoms with van der Waals surface area (Å²) in [7, 11) is 0. The Hall–Kier alpha value is -2.41. The number of hydrogen-bond acceptors (Lipinski definition) is 4. The fraction of sp³-hybridized carbons (Fsp3) is 0.571. The number of nitrogens with zero attached hydrogens (tertiary/aromatic N) is 1. The molecule has 1 fully saturated rings. The highest BCUT2D eigenvalue weighted by atomic mass is 16.5. The SMILES string of the molecule is CCOCCCNC(=O)c1ccccc1NC(=O)[C@H]1CC(=O)N(C(C)(C)C)C1. The zero-order valence-corrected chi connectivity index (χ0v) is 17.2. The molecule has 1 aromatic rings. The third kappa shape index (κ3) is 5.79. The van der Waals surface area contributed by atoms with E-state index in [9.17, 15) is 14.4 Å². The lowest BCUT2D eigenvalue weighted by Crippen LogP contribution is -2.42. The summed E-state index contributed by atoms with van der Waals surface area (Å²) in [5.41, 5.74) is 0.548. The van der Waals surface area contributed by atoms with Gasteiger partial charge in [-0.2, -0.15) is 0 Å². The van der Waals surface area contributed by atoms with E-state index in [0.29, 0.717) is 37.6 Å². The second kappa shape index (κ2) is 9.68. The predicted molar refractivity (Wildman–Crippen MR) is 108 cm³/mol. The van der Waals surface area contributed by atoms with Crippen molar-refractivity contribution in [2.24, 2.45) is 5.92 Å². The molecule has 2 rings (SSSR count). The van der Waals surface area contributed by atoms with Crippen molar-refractivity contribution < 1.29 is 19.1 Å². The van der Waals surface area contributed by atoms with Crippen LogP contribution in [0.3, 0.4) is 0 Å². The van der Waals surface area contributed by atoms with Gasteiger partial charge in [-0.3, -0.25) is 14.4 Å². The van der Waals surface area contributed by atoms with Gasteiger partial charge in [0.05, 0.1) is 17.2 Å². The van der Waals surface area contributed by atoms with Crippen LogP contribution in [0.5, 0.6) is 0 Å². The van der Waals surface area contributed by atoms with Crippen molar-refractivity contribution in [3.8, 4) is 0 Å². The second-order valence-corrected chi connectivity index (χ2v) is 7.92. The highest BCUT2D eigenvalue weighted by molar-refractivity contribution is 6.05. The van der Waals surface area contributed by atoms with Gasteiger partial charge >= 0.3 is 0 Å². The summed E-state index contributed by atoms with van der Waals surface area (Å²) in [6.07, 6.45) is 0.913. The lowest BCUT2D eigenvalue weighted by Gasteiger charge is -2.31. The quantitative estimate of drug-likeness (QED) is 0.669. The standard InChI is InChI=1S/C21H31N3O4/c1-5-28-12-8-11-22-20(27)16-9-6-7-10-17(16)23-19(26)15-13-18(25)24(14-15)21(2,3)4/h6-7,9-10,15H,5,8,11-14H2,1-4H3,(H,22,27)(H,23,26)/t15-/m0/s1. The Bertz CT molecular complexity index is 712. The summed E-state index contributed by atoms with van der Waals surface area (Å²) in [5, 5.41) is 5.68. The van der Waals surface area contributed by atoms with E-state index in [1.165, 1.54) is 0 Å². The highest BCUT2D eigenvalue weighted by Crippen LogP contribution is 2.27. The summed E-state index contributed by atoms with van der Waals surface area (Å²) in [6, 6.07) is 6.90. The smallest absolute Gasteiger partial charge is 0.253 e. The molecule has 7 heteroatoms. The molecule has 1 aliphatic rings. The maximum atomic E-state index is 12.7. The van der Waals surface area contributed by atoms with Crippen molar-refractivity contribution in [3.63, 3.8) is 0 Å². The Balaban J connectivity index is 1.98. The van der Waals surface area contributed by atoms with Crippen molar-refractivity contribution in [2.45, 2.75) is 46.1 Å². The van der Waals surface area contributed by atoms with E-state index in [1.54, 1.807) is 29.2 Å². The lowest BCUT2D eigenvalue weighted by molar-refractivity contribution is -0.131. The average Bonchev–Trinajstić information content (AvgIpc) is 3.04. The van der Waals surface area contributed by atoms with Crippen LogP contribution in [0.1, 0.15) is 50.9 Å². The maximum absolute atomic E-state index is 12.7. The molecule has 1 saturated heterocycles. The number of hydrogen-bond donors (Lipinski definition) is 2. The Morgan fingerprint density at radius 3 is 2.61 bits per heavy atom. The van der Waals surface area contributed by atoms with Gasteiger partial charge in [0, 0.05) is 38.3 Å². The monoisotopic (exact) mass is 389 g/mol. The van der Waals surface area contributed by atoms with E-state index in [0.717, 1.165) is 6.42 Å². The van der Waals surface area contributed by atoms with Gasteiger partial charge in [-0.15, -0.1) is 0 Å². The van der Waals surface area contributed by atoms with Crippen molar-refractivity contribution in [3.05, 3.63) is 29.8 Å². The number of amides is 3. The zero-order chi connectivity index (χ0) is 20.7. The third-order valence-electron chi connectivity index (χ3n) is 4.69. The number of rotatable bonds is 8. The molecule has 0 radical (unpaired) electrons. The van der Waals surface area contributed by atoms with Crippen molar-refractivity contribution in [1.29, 1.82) is 0 Å². The van der Waals surface area contributed by atoms with Crippen LogP contribution in [-0.2, 0) is 14.3 Å². The van der Waals surface area contributed by atoms with Crippen molar-refractivity contribution in [2.75, 3.05) is 31.6 Å². The molecule has 0 bridgehead atoms. The largest absolute Gasteiger partial charge is 0.382 e. The highest BCUT2D eigenvalue weighted by Gasteiger charge is 2.39. The number of likely N-dealkylation sites (tertiary alicyclic amines) is 1. The second-order valence-electron chi connectivity index (χ2n) is 7.92. The molecule has 0 aromatic heterocycles. The molecule has 1 heterocycles. The molecule has 0 unspecified atom stereocenters. The molecule has 0 saturated carbocycles. The molecule has 3 amide bonds. The number of para-hydroxylation sites is 1. The van der Waals surface area contributed by atoms with E-state index < -0.39 is 5.92 Å². The number of anilines is 1. The minimum absolute atomic E-state index is 0.0204. The predicted octanol–water partition coefficient (Wildman–Crippen LogP) is 2.43. The summed E-state index contributed by atoms with van der Waals surface area (Å²) in [4.78, 5) is 39.1. The first kappa shape index (κ1) is 21.9. The van der Waals surface area contributed by atoms with Gasteiger partial charge in [0.25, 0.3) is 5.91 Å². The molecular weight excluding hydrogens is 358 g/mol. The molecule has 1 atom stereocenters. The first-order valence-corrected chi connectivity index (χ1v) is 9.80. The van der Waals surface area contributed by atoms with Gasteiger partial charge in [0.2, 0.25) is 11.8 Å². The first-order valence-electron chi connectivity index (χ1n) is 9.80. The first-order chi connectivity index (χ1) is 13.2. The molecule has 7 nitrogen and oxygen atoms in total. The normalized spacial score (nSPS) is 16.9. The average molecular weight is 389 g/mol. The van der Waals surface area contributed by atoms with E-state index in [2.05, 4.69) is 10.6 Å². The van der Waals surface area contributed by atoms with Crippen LogP contribution in [0.4, 0.5) is 5.69 Å². The molecule has 28 heavy (non-hydrogen) atoms. The number of benzene rings is 1. The topological polar surface area (TPSA) is 87.7 Å². The number of ether oxygens (including phenoxy) is 1. The van der Waals surface area contributed by atoms with E-state index in [1.807, 2.05) is 27.7 Å². The molecule has 1 aromatic carbocycles. The summed E-state index contributed by atoms with van der Waals surface area (Å²) in [5.74, 6) is -0.926. The van der Waals surface area contributed by atoms with Gasteiger partial charge in [0.1, 0.15) is 0 Å². The molecule has 154 valence electrons. The van der Waals surface area contributed by atoms with Crippen LogP contribution < -0.4 is 10.6 Å².